The van der Waals surface area contributed by atoms with Crippen molar-refractivity contribution >= 4 is 113 Å². The van der Waals surface area contributed by atoms with Crippen LogP contribution in [-0.4, -0.2) is 4.57 Å². The van der Waals surface area contributed by atoms with E-state index in [2.05, 4.69) is 228 Å². The summed E-state index contributed by atoms with van der Waals surface area (Å²) in [4.78, 5) is 2.40. The van der Waals surface area contributed by atoms with Crippen LogP contribution in [0, 0.1) is 0 Å². The molecule has 0 aliphatic carbocycles. The maximum absolute atomic E-state index is 2.45. The number of aromatic nitrogens is 1. The van der Waals surface area contributed by atoms with Crippen molar-refractivity contribution < 1.29 is 0 Å². The zero-order chi connectivity index (χ0) is 40.7. The molecule has 2 nitrogen and oxygen atoms in total. The fourth-order valence-electron chi connectivity index (χ4n) is 9.61. The minimum absolute atomic E-state index is 1.11. The highest BCUT2D eigenvalue weighted by atomic mass is 32.1. The fraction of sp³-hybridized carbons (Fsp3) is 0. The Kier molecular flexibility index (Phi) is 7.99. The molecule has 4 heteroatoms. The van der Waals surface area contributed by atoms with E-state index in [-0.39, 0.29) is 0 Å². The van der Waals surface area contributed by atoms with Crippen LogP contribution in [0.3, 0.4) is 0 Å². The molecule has 3 aromatic heterocycles. The molecule has 0 aliphatic heterocycles. The van der Waals surface area contributed by atoms with E-state index in [1.165, 1.54) is 95.2 Å². The molecule has 13 aromatic rings. The van der Waals surface area contributed by atoms with Gasteiger partial charge in [-0.25, -0.2) is 0 Å². The van der Waals surface area contributed by atoms with Gasteiger partial charge >= 0.3 is 0 Å². The van der Waals surface area contributed by atoms with Crippen molar-refractivity contribution in [3.63, 3.8) is 0 Å². The first-order valence-electron chi connectivity index (χ1n) is 21.1. The molecule has 0 saturated heterocycles. The van der Waals surface area contributed by atoms with Gasteiger partial charge in [-0.05, 0) is 107 Å². The average molecular weight is 825 g/mol. The van der Waals surface area contributed by atoms with E-state index in [1.807, 2.05) is 22.7 Å². The number of benzene rings is 10. The Hall–Kier alpha value is -7.50. The van der Waals surface area contributed by atoms with Crippen LogP contribution in [0.4, 0.5) is 17.1 Å². The first-order valence-corrected chi connectivity index (χ1v) is 22.7. The number of rotatable bonds is 6. The lowest BCUT2D eigenvalue weighted by atomic mass is 10.0. The van der Waals surface area contributed by atoms with Crippen LogP contribution in [-0.2, 0) is 0 Å². The summed E-state index contributed by atoms with van der Waals surface area (Å²) >= 11 is 3.72. The van der Waals surface area contributed by atoms with Gasteiger partial charge in [0.1, 0.15) is 0 Å². The number of anilines is 3. The summed E-state index contributed by atoms with van der Waals surface area (Å²) in [5.74, 6) is 0. The number of hydrogen-bond acceptors (Lipinski definition) is 3. The van der Waals surface area contributed by atoms with Crippen molar-refractivity contribution in [2.24, 2.45) is 0 Å². The summed E-state index contributed by atoms with van der Waals surface area (Å²) in [5.41, 5.74) is 11.8. The Morgan fingerprint density at radius 3 is 1.55 bits per heavy atom. The van der Waals surface area contributed by atoms with Gasteiger partial charge in [0.2, 0.25) is 0 Å². The molecule has 290 valence electrons. The maximum atomic E-state index is 2.45. The number of hydrogen-bond donors (Lipinski definition) is 0. The smallest absolute Gasteiger partial charge is 0.0619 e. The molecule has 0 N–H and O–H groups in total. The van der Waals surface area contributed by atoms with Crippen molar-refractivity contribution in [3.05, 3.63) is 218 Å². The number of nitrogens with zero attached hydrogens (tertiary/aromatic N) is 2. The molecule has 3 heterocycles. The minimum atomic E-state index is 1.11. The third-order valence-corrected chi connectivity index (χ3v) is 14.9. The minimum Gasteiger partial charge on any atom is -0.310 e. The molecule has 0 radical (unpaired) electrons. The van der Waals surface area contributed by atoms with Crippen LogP contribution in [0.25, 0.3) is 101 Å². The fourth-order valence-corrected chi connectivity index (χ4v) is 11.8. The van der Waals surface area contributed by atoms with Crippen molar-refractivity contribution in [2.75, 3.05) is 4.90 Å². The van der Waals surface area contributed by atoms with Gasteiger partial charge in [-0.2, -0.15) is 0 Å². The third kappa shape index (κ3) is 5.61. The predicted molar refractivity (Wildman–Crippen MR) is 270 cm³/mol. The monoisotopic (exact) mass is 824 g/mol. The molecule has 10 aromatic carbocycles. The van der Waals surface area contributed by atoms with Crippen LogP contribution in [0.1, 0.15) is 0 Å². The van der Waals surface area contributed by atoms with E-state index in [0.29, 0.717) is 0 Å². The number of thiophene rings is 2. The van der Waals surface area contributed by atoms with Gasteiger partial charge in [0.05, 0.1) is 11.0 Å². The molecule has 0 fully saturated rings. The lowest BCUT2D eigenvalue weighted by Crippen LogP contribution is -2.09. The van der Waals surface area contributed by atoms with Gasteiger partial charge in [0.15, 0.2) is 0 Å². The molecular formula is C58H36N2S2. The second kappa shape index (κ2) is 14.0. The van der Waals surface area contributed by atoms with E-state index in [9.17, 15) is 0 Å². The Balaban J connectivity index is 0.923. The largest absolute Gasteiger partial charge is 0.310 e. The third-order valence-electron chi connectivity index (χ3n) is 12.6. The van der Waals surface area contributed by atoms with E-state index in [4.69, 9.17) is 0 Å². The molecule has 0 aliphatic rings. The van der Waals surface area contributed by atoms with Gasteiger partial charge in [-0.15, -0.1) is 22.7 Å². The van der Waals surface area contributed by atoms with Crippen molar-refractivity contribution in [1.29, 1.82) is 0 Å². The van der Waals surface area contributed by atoms with Gasteiger partial charge in [0, 0.05) is 79.3 Å². The number of para-hydroxylation sites is 1. The normalized spacial score (nSPS) is 11.9. The van der Waals surface area contributed by atoms with Crippen LogP contribution in [0.15, 0.2) is 218 Å². The lowest BCUT2D eigenvalue weighted by Gasteiger charge is -2.26. The number of fused-ring (bicyclic) bond motifs is 11. The molecule has 13 rings (SSSR count). The van der Waals surface area contributed by atoms with Crippen LogP contribution in [0.5, 0.6) is 0 Å². The van der Waals surface area contributed by atoms with Crippen LogP contribution >= 0.6 is 22.7 Å². The lowest BCUT2D eigenvalue weighted by molar-refractivity contribution is 1.19. The molecule has 0 bridgehead atoms. The van der Waals surface area contributed by atoms with Gasteiger partial charge in [-0.1, -0.05) is 140 Å². The quantitative estimate of drug-likeness (QED) is 0.162. The average Bonchev–Trinajstić information content (AvgIpc) is 4.01. The topological polar surface area (TPSA) is 8.17 Å². The highest BCUT2D eigenvalue weighted by Gasteiger charge is 2.18. The zero-order valence-corrected chi connectivity index (χ0v) is 35.1. The highest BCUT2D eigenvalue weighted by Crippen LogP contribution is 2.43. The molecule has 0 atom stereocenters. The van der Waals surface area contributed by atoms with Crippen LogP contribution < -0.4 is 4.90 Å². The van der Waals surface area contributed by atoms with Crippen molar-refractivity contribution in [1.82, 2.24) is 4.57 Å². The molecule has 0 saturated carbocycles. The summed E-state index contributed by atoms with van der Waals surface area (Å²) in [6.07, 6.45) is 0. The molecule has 0 unspecified atom stereocenters. The van der Waals surface area contributed by atoms with Gasteiger partial charge in [0.25, 0.3) is 0 Å². The summed E-state index contributed by atoms with van der Waals surface area (Å²) in [6.45, 7) is 0. The van der Waals surface area contributed by atoms with E-state index >= 15 is 0 Å². The summed E-state index contributed by atoms with van der Waals surface area (Å²) in [7, 11) is 0. The molecular weight excluding hydrogens is 789 g/mol. The van der Waals surface area contributed by atoms with Crippen molar-refractivity contribution in [2.45, 2.75) is 0 Å². The Morgan fingerprint density at radius 2 is 0.823 bits per heavy atom. The Morgan fingerprint density at radius 1 is 0.306 bits per heavy atom. The highest BCUT2D eigenvalue weighted by molar-refractivity contribution is 7.26. The first-order chi connectivity index (χ1) is 30.7. The Bertz CT molecular complexity index is 3850. The SMILES string of the molecule is c1ccc(-n2c3cc(-c4ccc(N(c5ccc(-c6ccc7c(c6)sc6ccccc67)cc5)c5ccc6sc7ccccc7c6c5)cc4)ccc3c3ccc4ccccc4c32)cc1. The summed E-state index contributed by atoms with van der Waals surface area (Å²) in [6, 6.07) is 80.5. The molecule has 0 amide bonds. The van der Waals surface area contributed by atoms with E-state index < -0.39 is 0 Å². The van der Waals surface area contributed by atoms with Crippen molar-refractivity contribution in [3.8, 4) is 27.9 Å². The Labute approximate surface area is 366 Å². The zero-order valence-electron chi connectivity index (χ0n) is 33.5. The second-order valence-electron chi connectivity index (χ2n) is 16.1. The summed E-state index contributed by atoms with van der Waals surface area (Å²) < 4.78 is 7.71. The van der Waals surface area contributed by atoms with Crippen LogP contribution in [0.2, 0.25) is 0 Å². The maximum Gasteiger partial charge on any atom is 0.0619 e. The second-order valence-corrected chi connectivity index (χ2v) is 18.3. The summed E-state index contributed by atoms with van der Waals surface area (Å²) in [5, 5.41) is 10.3. The van der Waals surface area contributed by atoms with Gasteiger partial charge in [-0.3, -0.25) is 0 Å². The molecule has 62 heavy (non-hydrogen) atoms. The van der Waals surface area contributed by atoms with E-state index in [1.54, 1.807) is 0 Å². The first kappa shape index (κ1) is 35.3. The standard InChI is InChI=1S/C58H36N2S2/c1-2-11-42(12-3-1)60-53-34-40(23-30-47(53)51-32-22-39-10-4-5-13-46(39)58(51)60)37-18-25-43(26-19-37)59(45-29-33-56-52(36-45)49-15-7-9-17-55(49)61-56)44-27-20-38(21-28-44)41-24-31-50-48-14-6-8-16-54(48)62-57(50)35-41/h1-36H. The van der Waals surface area contributed by atoms with Gasteiger partial charge < -0.3 is 9.47 Å². The molecule has 0 spiro atoms. The predicted octanol–water partition coefficient (Wildman–Crippen LogP) is 17.5. The van der Waals surface area contributed by atoms with E-state index in [0.717, 1.165) is 22.7 Å².